The molecule has 0 fully saturated rings. The van der Waals surface area contributed by atoms with Gasteiger partial charge in [-0.2, -0.15) is 11.1 Å². The summed E-state index contributed by atoms with van der Waals surface area (Å²) in [4.78, 5) is 0. The molecule has 0 spiro atoms. The summed E-state index contributed by atoms with van der Waals surface area (Å²) in [6.07, 6.45) is 1.18. The first-order chi connectivity index (χ1) is 5.38. The number of rotatable bonds is 3. The fourth-order valence-electron chi connectivity index (χ4n) is 1.16. The van der Waals surface area contributed by atoms with Crippen LogP contribution in [0.3, 0.4) is 0 Å². The minimum Gasteiger partial charge on any atom is -0.176 e. The van der Waals surface area contributed by atoms with E-state index in [2.05, 4.69) is 31.2 Å². The van der Waals surface area contributed by atoms with Crippen molar-refractivity contribution < 1.29 is 0 Å². The first-order valence-electron chi connectivity index (χ1n) is 3.99. The zero-order valence-electron chi connectivity index (χ0n) is 6.76. The Morgan fingerprint density at radius 2 is 2.00 bits per heavy atom. The highest BCUT2D eigenvalue weighted by Gasteiger charge is 2.06. The molecule has 1 atom stereocenters. The first-order valence-corrected chi connectivity index (χ1v) is 6.94. The second kappa shape index (κ2) is 4.57. The van der Waals surface area contributed by atoms with E-state index in [4.69, 9.17) is 11.1 Å². The molecule has 60 valence electrons. The Morgan fingerprint density at radius 1 is 1.36 bits per heavy atom. The van der Waals surface area contributed by atoms with E-state index in [1.807, 2.05) is 6.07 Å². The van der Waals surface area contributed by atoms with E-state index in [9.17, 15) is 0 Å². The van der Waals surface area contributed by atoms with E-state index in [-0.39, 0.29) is 0 Å². The molecular weight excluding hydrogens is 172 g/mol. The first kappa shape index (κ1) is 8.82. The highest BCUT2D eigenvalue weighted by atomic mass is 35.6. The van der Waals surface area contributed by atoms with Gasteiger partial charge in [0.2, 0.25) is 0 Å². The summed E-state index contributed by atoms with van der Waals surface area (Å²) in [7, 11) is -0.398. The molecule has 0 saturated carbocycles. The molecule has 1 aromatic carbocycles. The standard InChI is InChI=1S/C9H13ClSi/c1-2-9(11-10)8-6-4-3-5-7-8/h3-7,9H,2,11H2,1H3. The molecule has 0 saturated heterocycles. The van der Waals surface area contributed by atoms with Gasteiger partial charge in [0.15, 0.2) is 0 Å². The molecule has 0 aliphatic carbocycles. The van der Waals surface area contributed by atoms with Gasteiger partial charge in [0.1, 0.15) is 8.83 Å². The summed E-state index contributed by atoms with van der Waals surface area (Å²) in [5.41, 5.74) is 2.08. The van der Waals surface area contributed by atoms with Gasteiger partial charge in [-0.15, -0.1) is 0 Å². The lowest BCUT2D eigenvalue weighted by molar-refractivity contribution is 0.879. The molecule has 0 bridgehead atoms. The van der Waals surface area contributed by atoms with Crippen LogP contribution in [0.25, 0.3) is 0 Å². The molecule has 0 aliphatic heterocycles. The predicted molar refractivity (Wildman–Crippen MR) is 53.9 cm³/mol. The molecule has 0 heterocycles. The average Bonchev–Trinajstić information content (AvgIpc) is 2.09. The summed E-state index contributed by atoms with van der Waals surface area (Å²) in [5.74, 6) is 0. The molecule has 0 N–H and O–H groups in total. The monoisotopic (exact) mass is 184 g/mol. The lowest BCUT2D eigenvalue weighted by Crippen LogP contribution is -2.00. The average molecular weight is 185 g/mol. The van der Waals surface area contributed by atoms with Crippen molar-refractivity contribution in [3.8, 4) is 0 Å². The smallest absolute Gasteiger partial charge is 0.132 e. The van der Waals surface area contributed by atoms with Crippen LogP contribution in [0.5, 0.6) is 0 Å². The number of hydrogen-bond donors (Lipinski definition) is 0. The summed E-state index contributed by atoms with van der Waals surface area (Å²) >= 11 is 5.94. The molecule has 0 aliphatic rings. The highest BCUT2D eigenvalue weighted by molar-refractivity contribution is 6.94. The topological polar surface area (TPSA) is 0 Å². The van der Waals surface area contributed by atoms with Crippen molar-refractivity contribution in [1.82, 2.24) is 0 Å². The lowest BCUT2D eigenvalue weighted by atomic mass is 10.1. The molecule has 0 radical (unpaired) electrons. The van der Waals surface area contributed by atoms with E-state index in [1.54, 1.807) is 0 Å². The molecule has 2 heteroatoms. The normalized spacial score (nSPS) is 14.0. The maximum absolute atomic E-state index is 5.94. The Labute approximate surface area is 75.1 Å². The van der Waals surface area contributed by atoms with Crippen LogP contribution < -0.4 is 0 Å². The van der Waals surface area contributed by atoms with E-state index in [0.29, 0.717) is 5.54 Å². The maximum Gasteiger partial charge on any atom is 0.132 e. The van der Waals surface area contributed by atoms with Gasteiger partial charge in [-0.3, -0.25) is 0 Å². The highest BCUT2D eigenvalue weighted by Crippen LogP contribution is 2.18. The fraction of sp³-hybridized carbons (Fsp3) is 0.333. The molecule has 1 aromatic rings. The predicted octanol–water partition coefficient (Wildman–Crippen LogP) is 2.46. The zero-order valence-corrected chi connectivity index (χ0v) is 8.93. The van der Waals surface area contributed by atoms with Gasteiger partial charge in [-0.1, -0.05) is 43.7 Å². The van der Waals surface area contributed by atoms with Crippen LogP contribution in [0.4, 0.5) is 0 Å². The number of hydrogen-bond acceptors (Lipinski definition) is 0. The Kier molecular flexibility index (Phi) is 3.67. The van der Waals surface area contributed by atoms with Crippen molar-refractivity contribution in [2.24, 2.45) is 0 Å². The van der Waals surface area contributed by atoms with Crippen molar-refractivity contribution >= 4 is 19.9 Å². The van der Waals surface area contributed by atoms with E-state index in [1.165, 1.54) is 12.0 Å². The van der Waals surface area contributed by atoms with E-state index < -0.39 is 8.83 Å². The maximum atomic E-state index is 5.94. The molecule has 0 aromatic heterocycles. The van der Waals surface area contributed by atoms with Crippen molar-refractivity contribution in [2.45, 2.75) is 18.9 Å². The summed E-state index contributed by atoms with van der Waals surface area (Å²) < 4.78 is 0. The Bertz CT molecular complexity index is 194. The number of benzene rings is 1. The quantitative estimate of drug-likeness (QED) is 0.500. The van der Waals surface area contributed by atoms with Crippen LogP contribution >= 0.6 is 11.1 Å². The van der Waals surface area contributed by atoms with Crippen LogP contribution in [0.15, 0.2) is 30.3 Å². The lowest BCUT2D eigenvalue weighted by Gasteiger charge is -2.09. The Balaban J connectivity index is 2.74. The van der Waals surface area contributed by atoms with Gasteiger partial charge in [0, 0.05) is 0 Å². The van der Waals surface area contributed by atoms with Crippen molar-refractivity contribution in [1.29, 1.82) is 0 Å². The van der Waals surface area contributed by atoms with E-state index in [0.717, 1.165) is 0 Å². The summed E-state index contributed by atoms with van der Waals surface area (Å²) in [6.45, 7) is 2.20. The van der Waals surface area contributed by atoms with Gasteiger partial charge in [0.25, 0.3) is 0 Å². The zero-order chi connectivity index (χ0) is 8.10. The van der Waals surface area contributed by atoms with Crippen LogP contribution in [-0.2, 0) is 0 Å². The van der Waals surface area contributed by atoms with Gasteiger partial charge < -0.3 is 0 Å². The molecular formula is C9H13ClSi. The van der Waals surface area contributed by atoms with Gasteiger partial charge in [-0.05, 0) is 11.1 Å². The molecule has 1 rings (SSSR count). The third-order valence-electron chi connectivity index (χ3n) is 1.95. The summed E-state index contributed by atoms with van der Waals surface area (Å²) in [6, 6.07) is 10.6. The summed E-state index contributed by atoms with van der Waals surface area (Å²) in [5, 5.41) is 0. The second-order valence-electron chi connectivity index (χ2n) is 2.67. The fourth-order valence-corrected chi connectivity index (χ4v) is 3.02. The molecule has 11 heavy (non-hydrogen) atoms. The van der Waals surface area contributed by atoms with Gasteiger partial charge >= 0.3 is 0 Å². The molecule has 0 nitrogen and oxygen atoms in total. The largest absolute Gasteiger partial charge is 0.176 e. The van der Waals surface area contributed by atoms with E-state index >= 15 is 0 Å². The second-order valence-corrected chi connectivity index (χ2v) is 4.89. The van der Waals surface area contributed by atoms with Gasteiger partial charge in [-0.25, -0.2) is 0 Å². The SMILES string of the molecule is CCC([SiH2]Cl)c1ccccc1. The third kappa shape index (κ3) is 2.35. The van der Waals surface area contributed by atoms with Crippen LogP contribution in [0.1, 0.15) is 24.4 Å². The van der Waals surface area contributed by atoms with Crippen molar-refractivity contribution in [3.63, 3.8) is 0 Å². The van der Waals surface area contributed by atoms with Crippen molar-refractivity contribution in [2.75, 3.05) is 0 Å². The molecule has 1 unspecified atom stereocenters. The van der Waals surface area contributed by atoms with Crippen LogP contribution in [0, 0.1) is 0 Å². The minimum atomic E-state index is -0.398. The third-order valence-corrected chi connectivity index (χ3v) is 4.49. The number of halogens is 1. The van der Waals surface area contributed by atoms with Gasteiger partial charge in [0.05, 0.1) is 0 Å². The Morgan fingerprint density at radius 3 is 2.45 bits per heavy atom. The van der Waals surface area contributed by atoms with Crippen LogP contribution in [0.2, 0.25) is 0 Å². The Hall–Kier alpha value is -0.273. The molecule has 0 amide bonds. The van der Waals surface area contributed by atoms with Crippen LogP contribution in [-0.4, -0.2) is 8.83 Å². The van der Waals surface area contributed by atoms with Crippen molar-refractivity contribution in [3.05, 3.63) is 35.9 Å². The minimum absolute atomic E-state index is 0.398.